The highest BCUT2D eigenvalue weighted by molar-refractivity contribution is 7.21. The van der Waals surface area contributed by atoms with Crippen molar-refractivity contribution in [1.82, 2.24) is 20.0 Å². The molecule has 0 unspecified atom stereocenters. The van der Waals surface area contributed by atoms with Crippen LogP contribution in [-0.2, 0) is 6.54 Å². The third-order valence-electron chi connectivity index (χ3n) is 6.29. The molecule has 0 radical (unpaired) electrons. The highest BCUT2D eigenvalue weighted by atomic mass is 32.1. The molecule has 0 spiro atoms. The zero-order valence-corrected chi connectivity index (χ0v) is 20.3. The smallest absolute Gasteiger partial charge is 0.261 e. The second-order valence-electron chi connectivity index (χ2n) is 9.38. The first-order valence-corrected chi connectivity index (χ1v) is 12.2. The topological polar surface area (TPSA) is 50.2 Å². The monoisotopic (exact) mass is 438 g/mol. The number of rotatable bonds is 6. The molecular formula is C25H34N4OS. The van der Waals surface area contributed by atoms with Gasteiger partial charge in [0.1, 0.15) is 0 Å². The van der Waals surface area contributed by atoms with Gasteiger partial charge in [0.25, 0.3) is 5.91 Å². The molecule has 1 amide bonds. The van der Waals surface area contributed by atoms with Gasteiger partial charge in [0, 0.05) is 47.0 Å². The van der Waals surface area contributed by atoms with Crippen LogP contribution >= 0.6 is 11.3 Å². The molecule has 1 atom stereocenters. The maximum atomic E-state index is 13.0. The van der Waals surface area contributed by atoms with Gasteiger partial charge in [0.2, 0.25) is 0 Å². The minimum atomic E-state index is 0.0644. The van der Waals surface area contributed by atoms with Crippen molar-refractivity contribution in [3.63, 3.8) is 0 Å². The van der Waals surface area contributed by atoms with Crippen LogP contribution in [-0.4, -0.2) is 39.7 Å². The van der Waals surface area contributed by atoms with Gasteiger partial charge in [-0.05, 0) is 71.5 Å². The van der Waals surface area contributed by atoms with E-state index in [-0.39, 0.29) is 11.9 Å². The highest BCUT2D eigenvalue weighted by Crippen LogP contribution is 2.40. The number of carbonyl (C=O) groups is 1. The quantitative estimate of drug-likeness (QED) is 0.559. The van der Waals surface area contributed by atoms with Gasteiger partial charge >= 0.3 is 0 Å². The predicted molar refractivity (Wildman–Crippen MR) is 129 cm³/mol. The third-order valence-corrected chi connectivity index (χ3v) is 7.47. The SMILES string of the molecule is Cc1nn(C(C)C)c(C)c1CN1CC[C@@H](c2c(C(=O)NC(C)C)sc3ccccc23)C1. The van der Waals surface area contributed by atoms with E-state index >= 15 is 0 Å². The Bertz CT molecular complexity index is 1090. The summed E-state index contributed by atoms with van der Waals surface area (Å²) in [5.74, 6) is 0.444. The van der Waals surface area contributed by atoms with E-state index in [1.54, 1.807) is 11.3 Å². The van der Waals surface area contributed by atoms with Crippen molar-refractivity contribution >= 4 is 27.3 Å². The van der Waals surface area contributed by atoms with Crippen LogP contribution in [0.3, 0.4) is 0 Å². The van der Waals surface area contributed by atoms with E-state index in [4.69, 9.17) is 5.10 Å². The Morgan fingerprint density at radius 1 is 1.23 bits per heavy atom. The lowest BCUT2D eigenvalue weighted by molar-refractivity contribution is 0.0946. The van der Waals surface area contributed by atoms with Gasteiger partial charge in [-0.3, -0.25) is 14.4 Å². The van der Waals surface area contributed by atoms with E-state index in [2.05, 4.69) is 66.9 Å². The van der Waals surface area contributed by atoms with Crippen LogP contribution < -0.4 is 5.32 Å². The number of aromatic nitrogens is 2. The normalized spacial score (nSPS) is 17.4. The molecular weight excluding hydrogens is 404 g/mol. The fraction of sp³-hybridized carbons (Fsp3) is 0.520. The molecule has 1 N–H and O–H groups in total. The van der Waals surface area contributed by atoms with E-state index in [9.17, 15) is 4.79 Å². The Morgan fingerprint density at radius 3 is 2.65 bits per heavy atom. The Morgan fingerprint density at radius 2 is 1.97 bits per heavy atom. The molecule has 3 heterocycles. The van der Waals surface area contributed by atoms with Crippen LogP contribution in [0.4, 0.5) is 0 Å². The summed E-state index contributed by atoms with van der Waals surface area (Å²) in [6.07, 6.45) is 1.08. The maximum absolute atomic E-state index is 13.0. The summed E-state index contributed by atoms with van der Waals surface area (Å²) in [5, 5.41) is 9.12. The van der Waals surface area contributed by atoms with Crippen molar-refractivity contribution in [2.45, 2.75) is 72.5 Å². The first-order valence-electron chi connectivity index (χ1n) is 11.4. The summed E-state index contributed by atoms with van der Waals surface area (Å²) in [7, 11) is 0. The molecule has 3 aromatic rings. The molecule has 1 aliphatic heterocycles. The minimum absolute atomic E-state index is 0.0644. The van der Waals surface area contributed by atoms with Gasteiger partial charge in [0.05, 0.1) is 10.6 Å². The van der Waals surface area contributed by atoms with Gasteiger partial charge in [-0.15, -0.1) is 11.3 Å². The van der Waals surface area contributed by atoms with Crippen LogP contribution in [0.25, 0.3) is 10.1 Å². The molecule has 0 saturated carbocycles. The van der Waals surface area contributed by atoms with Crippen molar-refractivity contribution < 1.29 is 4.79 Å². The maximum Gasteiger partial charge on any atom is 0.261 e. The molecule has 1 aliphatic rings. The zero-order valence-electron chi connectivity index (χ0n) is 19.5. The molecule has 31 heavy (non-hydrogen) atoms. The summed E-state index contributed by atoms with van der Waals surface area (Å²) in [5.41, 5.74) is 5.00. The zero-order chi connectivity index (χ0) is 22.3. The molecule has 1 aromatic carbocycles. The standard InChI is InChI=1S/C25H34N4OS/c1-15(2)26-25(30)24-23(20-9-7-8-10-22(20)31-24)19-11-12-28(13-19)14-21-17(5)27-29(16(3)4)18(21)6/h7-10,15-16,19H,11-14H2,1-6H3,(H,26,30)/t19-/m1/s1. The van der Waals surface area contributed by atoms with E-state index in [1.807, 2.05) is 13.8 Å². The number of benzene rings is 1. The average molecular weight is 439 g/mol. The first-order chi connectivity index (χ1) is 14.8. The van der Waals surface area contributed by atoms with E-state index in [1.165, 1.54) is 26.9 Å². The molecule has 2 aromatic heterocycles. The second-order valence-corrected chi connectivity index (χ2v) is 10.4. The Kier molecular flexibility index (Phi) is 6.22. The fourth-order valence-electron chi connectivity index (χ4n) is 4.83. The number of amides is 1. The van der Waals surface area contributed by atoms with Gasteiger partial charge in [-0.25, -0.2) is 0 Å². The molecule has 166 valence electrons. The second kappa shape index (κ2) is 8.75. The van der Waals surface area contributed by atoms with Crippen LogP contribution in [0.1, 0.15) is 78.3 Å². The average Bonchev–Trinajstić information content (AvgIpc) is 3.39. The van der Waals surface area contributed by atoms with Crippen LogP contribution in [0.5, 0.6) is 0 Å². The van der Waals surface area contributed by atoms with Gasteiger partial charge in [-0.2, -0.15) is 5.10 Å². The summed E-state index contributed by atoms with van der Waals surface area (Å²) in [4.78, 5) is 16.4. The Balaban J connectivity index is 1.60. The lowest BCUT2D eigenvalue weighted by atomic mass is 9.95. The third kappa shape index (κ3) is 4.28. The number of carbonyl (C=O) groups excluding carboxylic acids is 1. The number of nitrogens with zero attached hydrogens (tertiary/aromatic N) is 3. The van der Waals surface area contributed by atoms with Crippen molar-refractivity contribution in [3.05, 3.63) is 51.7 Å². The van der Waals surface area contributed by atoms with Gasteiger partial charge in [-0.1, -0.05) is 18.2 Å². The summed E-state index contributed by atoms with van der Waals surface area (Å²) in [6.45, 7) is 15.7. The Hall–Kier alpha value is -2.18. The Labute approximate surface area is 189 Å². The van der Waals surface area contributed by atoms with Gasteiger partial charge in [0.15, 0.2) is 0 Å². The summed E-state index contributed by atoms with van der Waals surface area (Å²) in [6, 6.07) is 8.97. The van der Waals surface area contributed by atoms with E-state index in [0.717, 1.165) is 36.6 Å². The number of likely N-dealkylation sites (tertiary alicyclic amines) is 1. The summed E-state index contributed by atoms with van der Waals surface area (Å²) >= 11 is 1.63. The summed E-state index contributed by atoms with van der Waals surface area (Å²) < 4.78 is 3.34. The van der Waals surface area contributed by atoms with Crippen LogP contribution in [0.2, 0.25) is 0 Å². The van der Waals surface area contributed by atoms with Crippen molar-refractivity contribution in [2.75, 3.05) is 13.1 Å². The first kappa shape index (κ1) is 22.0. The minimum Gasteiger partial charge on any atom is -0.349 e. The number of nitrogens with one attached hydrogen (secondary N) is 1. The van der Waals surface area contributed by atoms with Crippen LogP contribution in [0, 0.1) is 13.8 Å². The molecule has 0 aliphatic carbocycles. The van der Waals surface area contributed by atoms with Crippen molar-refractivity contribution in [2.24, 2.45) is 0 Å². The number of aryl methyl sites for hydroxylation is 1. The number of fused-ring (bicyclic) bond motifs is 1. The predicted octanol–water partition coefficient (Wildman–Crippen LogP) is 5.42. The van der Waals surface area contributed by atoms with E-state index in [0.29, 0.717) is 12.0 Å². The van der Waals surface area contributed by atoms with E-state index < -0.39 is 0 Å². The van der Waals surface area contributed by atoms with Crippen LogP contribution in [0.15, 0.2) is 24.3 Å². The van der Waals surface area contributed by atoms with Crippen molar-refractivity contribution in [3.8, 4) is 0 Å². The van der Waals surface area contributed by atoms with Crippen molar-refractivity contribution in [1.29, 1.82) is 0 Å². The molecule has 4 rings (SSSR count). The lowest BCUT2D eigenvalue weighted by Crippen LogP contribution is -2.30. The fourth-order valence-corrected chi connectivity index (χ4v) is 6.02. The molecule has 0 bridgehead atoms. The molecule has 6 heteroatoms. The number of hydrogen-bond acceptors (Lipinski definition) is 4. The number of thiophene rings is 1. The van der Waals surface area contributed by atoms with Gasteiger partial charge < -0.3 is 5.32 Å². The molecule has 5 nitrogen and oxygen atoms in total. The molecule has 1 saturated heterocycles. The number of hydrogen-bond donors (Lipinski definition) is 1. The largest absolute Gasteiger partial charge is 0.349 e. The lowest BCUT2D eigenvalue weighted by Gasteiger charge is -2.18. The molecule has 1 fully saturated rings. The highest BCUT2D eigenvalue weighted by Gasteiger charge is 2.31.